The van der Waals surface area contributed by atoms with E-state index in [9.17, 15) is 10.2 Å². The van der Waals surface area contributed by atoms with Crippen LogP contribution in [0.3, 0.4) is 0 Å². The summed E-state index contributed by atoms with van der Waals surface area (Å²) < 4.78 is 10.6. The molecule has 2 rings (SSSR count). The van der Waals surface area contributed by atoms with Crippen LogP contribution in [0.5, 0.6) is 0 Å². The fourth-order valence-electron chi connectivity index (χ4n) is 2.01. The average Bonchev–Trinajstić information content (AvgIpc) is 2.59. The van der Waals surface area contributed by atoms with Crippen molar-refractivity contribution in [3.8, 4) is 0 Å². The lowest BCUT2D eigenvalue weighted by Gasteiger charge is -2.41. The predicted molar refractivity (Wildman–Crippen MR) is 45.5 cm³/mol. The molecule has 2 bridgehead atoms. The first-order chi connectivity index (χ1) is 6.64. The number of likely N-dealkylation sites (N-methyl/N-ethyl adjacent to an activating group) is 1. The quantitative estimate of drug-likeness (QED) is 0.395. The lowest BCUT2D eigenvalue weighted by molar-refractivity contribution is -0.232. The normalized spacial score (nSPS) is 52.3. The van der Waals surface area contributed by atoms with Crippen molar-refractivity contribution < 1.29 is 24.8 Å². The van der Waals surface area contributed by atoms with Gasteiger partial charge in [0.05, 0.1) is 19.3 Å². The fourth-order valence-corrected chi connectivity index (χ4v) is 2.01. The molecule has 2 saturated heterocycles. The Morgan fingerprint density at radius 2 is 2.21 bits per heavy atom. The maximum Gasteiger partial charge on any atom is 0.176 e. The molecular weight excluding hydrogens is 190 g/mol. The maximum absolute atomic E-state index is 9.76. The van der Waals surface area contributed by atoms with E-state index < -0.39 is 30.1 Å². The molecule has 0 aliphatic carbocycles. The van der Waals surface area contributed by atoms with Crippen LogP contribution in [0.2, 0.25) is 0 Å². The van der Waals surface area contributed by atoms with E-state index in [1.807, 2.05) is 0 Å². The summed E-state index contributed by atoms with van der Waals surface area (Å²) in [4.78, 5) is 0. The first kappa shape index (κ1) is 10.3. The van der Waals surface area contributed by atoms with Crippen LogP contribution >= 0.6 is 0 Å². The van der Waals surface area contributed by atoms with Gasteiger partial charge in [-0.2, -0.15) is 0 Å². The van der Waals surface area contributed by atoms with Crippen molar-refractivity contribution in [2.24, 2.45) is 0 Å². The molecule has 0 spiro atoms. The zero-order chi connectivity index (χ0) is 10.3. The van der Waals surface area contributed by atoms with Crippen LogP contribution in [-0.2, 0) is 9.47 Å². The number of hydrogen-bond acceptors (Lipinski definition) is 6. The topological polar surface area (TPSA) is 91.2 Å². The molecule has 2 fully saturated rings. The van der Waals surface area contributed by atoms with E-state index in [1.54, 1.807) is 7.05 Å². The van der Waals surface area contributed by atoms with E-state index in [0.29, 0.717) is 0 Å². The van der Waals surface area contributed by atoms with E-state index in [1.165, 1.54) is 0 Å². The third-order valence-corrected chi connectivity index (χ3v) is 2.97. The Morgan fingerprint density at radius 3 is 2.79 bits per heavy atom. The Hall–Kier alpha value is -0.240. The molecular formula is C8H15NO5. The second-order valence-electron chi connectivity index (χ2n) is 3.77. The number of ether oxygens (including phenoxy) is 2. The van der Waals surface area contributed by atoms with Crippen molar-refractivity contribution in [3.63, 3.8) is 0 Å². The first-order valence-electron chi connectivity index (χ1n) is 4.58. The lowest BCUT2D eigenvalue weighted by Crippen LogP contribution is -2.65. The summed E-state index contributed by atoms with van der Waals surface area (Å²) in [5.41, 5.74) is -1.16. The largest absolute Gasteiger partial charge is 0.393 e. The van der Waals surface area contributed by atoms with Gasteiger partial charge in [-0.25, -0.2) is 0 Å². The van der Waals surface area contributed by atoms with E-state index in [2.05, 4.69) is 5.32 Å². The lowest BCUT2D eigenvalue weighted by atomic mass is 9.88. The first-order valence-corrected chi connectivity index (χ1v) is 4.58. The molecule has 2 heterocycles. The number of fused-ring (bicyclic) bond motifs is 2. The van der Waals surface area contributed by atoms with Crippen molar-refractivity contribution >= 4 is 0 Å². The Kier molecular flexibility index (Phi) is 2.50. The van der Waals surface area contributed by atoms with Gasteiger partial charge in [-0.1, -0.05) is 0 Å². The van der Waals surface area contributed by atoms with Crippen molar-refractivity contribution in [2.45, 2.75) is 30.1 Å². The van der Waals surface area contributed by atoms with Gasteiger partial charge in [0.1, 0.15) is 17.8 Å². The van der Waals surface area contributed by atoms with E-state index in [0.717, 1.165) is 0 Å². The molecule has 0 radical (unpaired) electrons. The van der Waals surface area contributed by atoms with E-state index in [4.69, 9.17) is 14.6 Å². The summed E-state index contributed by atoms with van der Waals surface area (Å²) in [6.07, 6.45) is -2.73. The van der Waals surface area contributed by atoms with Crippen LogP contribution in [0.15, 0.2) is 0 Å². The zero-order valence-corrected chi connectivity index (χ0v) is 7.88. The van der Waals surface area contributed by atoms with Crippen LogP contribution < -0.4 is 5.32 Å². The van der Waals surface area contributed by atoms with Crippen LogP contribution in [0.4, 0.5) is 0 Å². The van der Waals surface area contributed by atoms with E-state index in [-0.39, 0.29) is 13.2 Å². The number of hydrogen-bond donors (Lipinski definition) is 4. The second-order valence-corrected chi connectivity index (χ2v) is 3.77. The van der Waals surface area contributed by atoms with Gasteiger partial charge < -0.3 is 30.1 Å². The van der Waals surface area contributed by atoms with Crippen LogP contribution in [-0.4, -0.2) is 65.7 Å². The van der Waals surface area contributed by atoms with Crippen molar-refractivity contribution in [3.05, 3.63) is 0 Å². The van der Waals surface area contributed by atoms with Crippen molar-refractivity contribution in [2.75, 3.05) is 20.3 Å². The van der Waals surface area contributed by atoms with E-state index >= 15 is 0 Å². The van der Waals surface area contributed by atoms with Gasteiger partial charge >= 0.3 is 0 Å². The summed E-state index contributed by atoms with van der Waals surface area (Å²) in [6.45, 7) is -0.261. The third-order valence-electron chi connectivity index (χ3n) is 2.97. The molecule has 2 aliphatic heterocycles. The van der Waals surface area contributed by atoms with Crippen molar-refractivity contribution in [1.29, 1.82) is 0 Å². The number of aliphatic hydroxyl groups excluding tert-OH is 3. The van der Waals surface area contributed by atoms with Gasteiger partial charge in [0.25, 0.3) is 0 Å². The fraction of sp³-hybridized carbons (Fsp3) is 1.00. The number of rotatable bonds is 2. The number of aliphatic hydroxyl groups is 3. The summed E-state index contributed by atoms with van der Waals surface area (Å²) in [7, 11) is 1.65. The summed E-state index contributed by atoms with van der Waals surface area (Å²) in [5.74, 6) is 0. The molecule has 4 N–H and O–H groups in total. The molecule has 0 aromatic carbocycles. The highest BCUT2D eigenvalue weighted by Gasteiger charge is 2.58. The average molecular weight is 205 g/mol. The number of nitrogens with one attached hydrogen (secondary N) is 1. The molecule has 6 nitrogen and oxygen atoms in total. The predicted octanol–water partition coefficient (Wildman–Crippen LogP) is -2.59. The van der Waals surface area contributed by atoms with Gasteiger partial charge in [-0.15, -0.1) is 0 Å². The zero-order valence-electron chi connectivity index (χ0n) is 7.88. The monoisotopic (exact) mass is 205 g/mol. The molecule has 0 saturated carbocycles. The molecule has 1 unspecified atom stereocenters. The minimum Gasteiger partial charge on any atom is -0.393 e. The maximum atomic E-state index is 9.76. The minimum absolute atomic E-state index is 0.102. The van der Waals surface area contributed by atoms with Gasteiger partial charge in [0.15, 0.2) is 6.29 Å². The molecule has 82 valence electrons. The molecule has 0 aromatic heterocycles. The highest BCUT2D eigenvalue weighted by atomic mass is 16.7. The summed E-state index contributed by atoms with van der Waals surface area (Å²) in [5, 5.41) is 31.4. The molecule has 6 heteroatoms. The Bertz CT molecular complexity index is 226. The Morgan fingerprint density at radius 1 is 1.50 bits per heavy atom. The van der Waals surface area contributed by atoms with Gasteiger partial charge in [0.2, 0.25) is 0 Å². The van der Waals surface area contributed by atoms with Crippen molar-refractivity contribution in [1.82, 2.24) is 5.32 Å². The summed E-state index contributed by atoms with van der Waals surface area (Å²) in [6, 6.07) is -0.466. The highest BCUT2D eigenvalue weighted by molar-refractivity contribution is 5.05. The molecule has 14 heavy (non-hydrogen) atoms. The SMILES string of the molecule is CNC1[C@H]2OC[C@](CO)(O2)[C@H](O)[C@@H]1O. The van der Waals surface area contributed by atoms with Gasteiger partial charge in [0, 0.05) is 0 Å². The molecule has 0 amide bonds. The molecule has 0 aromatic rings. The second kappa shape index (κ2) is 3.41. The smallest absolute Gasteiger partial charge is 0.176 e. The highest BCUT2D eigenvalue weighted by Crippen LogP contribution is 2.36. The van der Waals surface area contributed by atoms with Crippen LogP contribution in [0, 0.1) is 0 Å². The van der Waals surface area contributed by atoms with Gasteiger partial charge in [-0.3, -0.25) is 0 Å². The van der Waals surface area contributed by atoms with Crippen LogP contribution in [0.25, 0.3) is 0 Å². The Labute approximate surface area is 81.4 Å². The molecule has 2 aliphatic rings. The Balaban J connectivity index is 2.23. The summed E-state index contributed by atoms with van der Waals surface area (Å²) >= 11 is 0. The minimum atomic E-state index is -1.16. The molecule has 5 atom stereocenters. The van der Waals surface area contributed by atoms with Crippen LogP contribution in [0.1, 0.15) is 0 Å². The third kappa shape index (κ3) is 1.19. The standard InChI is InChI=1S/C8H15NO5/c1-9-4-5(11)6(12)8(2-10)3-13-7(4)14-8/h4-7,9-12H,2-3H2,1H3/t4?,5-,6-,7+,8+/m1/s1. The van der Waals surface area contributed by atoms with Gasteiger partial charge in [-0.05, 0) is 7.05 Å².